The monoisotopic (exact) mass is 437 g/mol. The Bertz CT molecular complexity index is 1180. The zero-order valence-electron chi connectivity index (χ0n) is 16.6. The molecule has 4 rings (SSSR count). The van der Waals surface area contributed by atoms with Gasteiger partial charge in [-0.1, -0.05) is 11.6 Å². The summed E-state index contributed by atoms with van der Waals surface area (Å²) in [5.74, 6) is 1.23. The van der Waals surface area contributed by atoms with E-state index in [1.54, 1.807) is 19.6 Å². The molecular weight excluding hydrogens is 418 g/mol. The van der Waals surface area contributed by atoms with E-state index < -0.39 is 0 Å². The van der Waals surface area contributed by atoms with Gasteiger partial charge in [-0.05, 0) is 43.3 Å². The number of anilines is 1. The molecule has 152 valence electrons. The van der Waals surface area contributed by atoms with Gasteiger partial charge in [0.05, 0.1) is 19.9 Å². The summed E-state index contributed by atoms with van der Waals surface area (Å²) in [6.07, 6.45) is 0. The molecule has 2 heterocycles. The fourth-order valence-electron chi connectivity index (χ4n) is 2.88. The van der Waals surface area contributed by atoms with Crippen molar-refractivity contribution in [3.63, 3.8) is 0 Å². The Kier molecular flexibility index (Phi) is 5.78. The summed E-state index contributed by atoms with van der Waals surface area (Å²) in [5, 5.41) is 7.76. The number of aryl methyl sites for hydroxylation is 1. The van der Waals surface area contributed by atoms with E-state index in [4.69, 9.17) is 9.47 Å². The topological polar surface area (TPSA) is 73.3 Å². The number of methoxy groups -OCH3 is 2. The lowest BCUT2D eigenvalue weighted by atomic mass is 10.1. The fraction of sp³-hybridized carbons (Fsp3) is 0.136. The van der Waals surface area contributed by atoms with Crippen LogP contribution >= 0.6 is 22.7 Å². The van der Waals surface area contributed by atoms with Crippen LogP contribution in [0.15, 0.2) is 53.2 Å². The van der Waals surface area contributed by atoms with E-state index in [0.717, 1.165) is 38.9 Å². The number of thiazole rings is 2. The van der Waals surface area contributed by atoms with Crippen molar-refractivity contribution in [2.75, 3.05) is 19.5 Å². The summed E-state index contributed by atoms with van der Waals surface area (Å²) in [6.45, 7) is 2.01. The number of aromatic nitrogens is 2. The maximum absolute atomic E-state index is 12.6. The molecule has 8 heteroatoms. The van der Waals surface area contributed by atoms with Gasteiger partial charge in [0.15, 0.2) is 5.13 Å². The van der Waals surface area contributed by atoms with Gasteiger partial charge in [0, 0.05) is 21.9 Å². The molecule has 0 aliphatic carbocycles. The van der Waals surface area contributed by atoms with Crippen molar-refractivity contribution in [1.29, 1.82) is 0 Å². The van der Waals surface area contributed by atoms with Crippen molar-refractivity contribution in [2.24, 2.45) is 0 Å². The van der Waals surface area contributed by atoms with Gasteiger partial charge < -0.3 is 9.47 Å². The molecule has 0 radical (unpaired) electrons. The van der Waals surface area contributed by atoms with Crippen LogP contribution in [0, 0.1) is 6.92 Å². The normalized spacial score (nSPS) is 10.6. The van der Waals surface area contributed by atoms with E-state index in [0.29, 0.717) is 10.8 Å². The first-order valence-corrected chi connectivity index (χ1v) is 10.8. The SMILES string of the molecule is COc1ccc(-c2nc(C(=O)Nc3nc(-c4cc(C)ccc4OC)cs3)cs2)cc1. The number of hydrogen-bond acceptors (Lipinski definition) is 7. The van der Waals surface area contributed by atoms with E-state index in [2.05, 4.69) is 15.3 Å². The molecule has 0 aliphatic rings. The number of nitrogens with one attached hydrogen (secondary N) is 1. The minimum absolute atomic E-state index is 0.289. The van der Waals surface area contributed by atoms with Crippen LogP contribution in [0.4, 0.5) is 5.13 Å². The van der Waals surface area contributed by atoms with Crippen LogP contribution in [0.25, 0.3) is 21.8 Å². The summed E-state index contributed by atoms with van der Waals surface area (Å²) < 4.78 is 10.6. The molecule has 0 spiro atoms. The zero-order chi connectivity index (χ0) is 21.1. The molecule has 2 aromatic carbocycles. The molecule has 1 N–H and O–H groups in total. The van der Waals surface area contributed by atoms with E-state index in [-0.39, 0.29) is 5.91 Å². The van der Waals surface area contributed by atoms with E-state index in [9.17, 15) is 4.79 Å². The molecule has 0 saturated heterocycles. The third-order valence-electron chi connectivity index (χ3n) is 4.43. The molecule has 0 saturated carbocycles. The summed E-state index contributed by atoms with van der Waals surface area (Å²) in [5.41, 5.74) is 4.05. The average Bonchev–Trinajstić information content (AvgIpc) is 3.44. The molecule has 0 atom stereocenters. The van der Waals surface area contributed by atoms with E-state index in [1.807, 2.05) is 54.8 Å². The second-order valence-electron chi connectivity index (χ2n) is 6.46. The third kappa shape index (κ3) is 4.19. The van der Waals surface area contributed by atoms with Gasteiger partial charge in [0.1, 0.15) is 22.2 Å². The highest BCUT2D eigenvalue weighted by atomic mass is 32.1. The highest BCUT2D eigenvalue weighted by molar-refractivity contribution is 7.14. The number of nitrogens with zero attached hydrogens (tertiary/aromatic N) is 2. The Morgan fingerprint density at radius 2 is 1.77 bits per heavy atom. The van der Waals surface area contributed by atoms with Crippen molar-refractivity contribution >= 4 is 33.7 Å². The Hall–Kier alpha value is -3.23. The second kappa shape index (κ2) is 8.64. The van der Waals surface area contributed by atoms with Gasteiger partial charge in [-0.3, -0.25) is 10.1 Å². The second-order valence-corrected chi connectivity index (χ2v) is 8.18. The molecule has 30 heavy (non-hydrogen) atoms. The number of benzene rings is 2. The number of amides is 1. The highest BCUT2D eigenvalue weighted by Crippen LogP contribution is 2.33. The minimum Gasteiger partial charge on any atom is -0.497 e. The smallest absolute Gasteiger partial charge is 0.276 e. The minimum atomic E-state index is -0.289. The maximum Gasteiger partial charge on any atom is 0.276 e. The van der Waals surface area contributed by atoms with Gasteiger partial charge in [-0.15, -0.1) is 22.7 Å². The first-order valence-electron chi connectivity index (χ1n) is 9.09. The quantitative estimate of drug-likeness (QED) is 0.430. The first-order chi connectivity index (χ1) is 14.6. The van der Waals surface area contributed by atoms with Crippen LogP contribution in [0.3, 0.4) is 0 Å². The number of carbonyl (C=O) groups excluding carboxylic acids is 1. The number of rotatable bonds is 6. The Balaban J connectivity index is 1.50. The van der Waals surface area contributed by atoms with Gasteiger partial charge in [-0.2, -0.15) is 0 Å². The van der Waals surface area contributed by atoms with Gasteiger partial charge >= 0.3 is 0 Å². The largest absolute Gasteiger partial charge is 0.497 e. The van der Waals surface area contributed by atoms with Crippen molar-refractivity contribution in [1.82, 2.24) is 9.97 Å². The molecular formula is C22H19N3O3S2. The molecule has 0 fully saturated rings. The Morgan fingerprint density at radius 3 is 2.50 bits per heavy atom. The molecule has 0 bridgehead atoms. The van der Waals surface area contributed by atoms with Crippen LogP contribution in [0.5, 0.6) is 11.5 Å². The third-order valence-corrected chi connectivity index (χ3v) is 6.08. The van der Waals surface area contributed by atoms with Crippen molar-refractivity contribution in [3.05, 3.63) is 64.5 Å². The van der Waals surface area contributed by atoms with Crippen LogP contribution < -0.4 is 14.8 Å². The van der Waals surface area contributed by atoms with Crippen LogP contribution in [-0.2, 0) is 0 Å². The number of carbonyl (C=O) groups is 1. The summed E-state index contributed by atoms with van der Waals surface area (Å²) in [6, 6.07) is 13.5. The Labute approximate surface area is 182 Å². The van der Waals surface area contributed by atoms with Gasteiger partial charge in [0.2, 0.25) is 0 Å². The molecule has 1 amide bonds. The molecule has 2 aromatic heterocycles. The number of hydrogen-bond donors (Lipinski definition) is 1. The predicted molar refractivity (Wildman–Crippen MR) is 121 cm³/mol. The van der Waals surface area contributed by atoms with Crippen molar-refractivity contribution in [3.8, 4) is 33.3 Å². The number of ether oxygens (including phenoxy) is 2. The molecule has 0 unspecified atom stereocenters. The van der Waals surface area contributed by atoms with Crippen molar-refractivity contribution < 1.29 is 14.3 Å². The lowest BCUT2D eigenvalue weighted by Crippen LogP contribution is -2.12. The predicted octanol–water partition coefficient (Wildman–Crippen LogP) is 5.51. The van der Waals surface area contributed by atoms with E-state index in [1.165, 1.54) is 22.7 Å². The summed E-state index contributed by atoms with van der Waals surface area (Å²) in [4.78, 5) is 21.6. The molecule has 6 nitrogen and oxygen atoms in total. The lowest BCUT2D eigenvalue weighted by Gasteiger charge is -2.07. The first kappa shape index (κ1) is 20.1. The summed E-state index contributed by atoms with van der Waals surface area (Å²) in [7, 11) is 3.26. The van der Waals surface area contributed by atoms with Crippen LogP contribution in [-0.4, -0.2) is 30.1 Å². The van der Waals surface area contributed by atoms with Gasteiger partial charge in [0.25, 0.3) is 5.91 Å². The standard InChI is InChI=1S/C22H19N3O3S2/c1-13-4-9-19(28-3)16(10-13)17-11-30-22(24-17)25-20(26)18-12-29-21(23-18)14-5-7-15(27-2)8-6-14/h4-12H,1-3H3,(H,24,25,26). The van der Waals surface area contributed by atoms with Crippen LogP contribution in [0.2, 0.25) is 0 Å². The maximum atomic E-state index is 12.6. The van der Waals surface area contributed by atoms with E-state index >= 15 is 0 Å². The Morgan fingerprint density at radius 1 is 0.967 bits per heavy atom. The van der Waals surface area contributed by atoms with Crippen molar-refractivity contribution in [2.45, 2.75) is 6.92 Å². The summed E-state index contributed by atoms with van der Waals surface area (Å²) >= 11 is 2.78. The molecule has 4 aromatic rings. The molecule has 0 aliphatic heterocycles. The average molecular weight is 438 g/mol. The fourth-order valence-corrected chi connectivity index (χ4v) is 4.39. The zero-order valence-corrected chi connectivity index (χ0v) is 18.3. The lowest BCUT2D eigenvalue weighted by molar-refractivity contribution is 0.102. The van der Waals surface area contributed by atoms with Gasteiger partial charge in [-0.25, -0.2) is 9.97 Å². The van der Waals surface area contributed by atoms with Crippen LogP contribution in [0.1, 0.15) is 16.1 Å². The highest BCUT2D eigenvalue weighted by Gasteiger charge is 2.16.